The molecule has 0 bridgehead atoms. The normalized spacial score (nSPS) is 24.7. The van der Waals surface area contributed by atoms with Gasteiger partial charge in [0.25, 0.3) is 0 Å². The number of nitrogens with two attached hydrogens (primary N) is 1. The van der Waals surface area contributed by atoms with Crippen molar-refractivity contribution in [3.8, 4) is 0 Å². The number of allylic oxidation sites excluding steroid dienone is 1. The second kappa shape index (κ2) is 5.24. The van der Waals surface area contributed by atoms with Crippen molar-refractivity contribution in [3.05, 3.63) is 18.5 Å². The average Bonchev–Trinajstić information content (AvgIpc) is 3.25. The molecule has 1 fully saturated rings. The summed E-state index contributed by atoms with van der Waals surface area (Å²) in [5.41, 5.74) is 7.52. The van der Waals surface area contributed by atoms with Crippen LogP contribution in [0, 0.1) is 5.92 Å². The lowest BCUT2D eigenvalue weighted by atomic mass is 10.1. The Morgan fingerprint density at radius 3 is 2.77 bits per heavy atom. The minimum atomic E-state index is 0.169. The Labute approximate surface area is 128 Å². The van der Waals surface area contributed by atoms with E-state index in [2.05, 4.69) is 32.0 Å². The van der Waals surface area contributed by atoms with Crippen LogP contribution in [-0.4, -0.2) is 44.3 Å². The van der Waals surface area contributed by atoms with E-state index >= 15 is 0 Å². The lowest BCUT2D eigenvalue weighted by Crippen LogP contribution is -2.20. The first-order valence-corrected chi connectivity index (χ1v) is 7.80. The van der Waals surface area contributed by atoms with Gasteiger partial charge in [-0.15, -0.1) is 0 Å². The fraction of sp³-hybridized carbons (Fsp3) is 0.533. The maximum absolute atomic E-state index is 9.30. The smallest absolute Gasteiger partial charge is 0.224 e. The van der Waals surface area contributed by atoms with Crippen LogP contribution in [0.5, 0.6) is 0 Å². The molecule has 3 heterocycles. The van der Waals surface area contributed by atoms with Gasteiger partial charge < -0.3 is 20.3 Å². The molecular weight excluding hydrogens is 280 g/mol. The van der Waals surface area contributed by atoms with Crippen molar-refractivity contribution in [2.75, 3.05) is 30.3 Å². The van der Waals surface area contributed by atoms with Crippen LogP contribution < -0.4 is 10.6 Å². The number of fused-ring (bicyclic) bond motifs is 1. The molecule has 3 N–H and O–H groups in total. The van der Waals surface area contributed by atoms with Gasteiger partial charge in [-0.1, -0.05) is 12.2 Å². The summed E-state index contributed by atoms with van der Waals surface area (Å²) >= 11 is 0. The fourth-order valence-corrected chi connectivity index (χ4v) is 3.40. The van der Waals surface area contributed by atoms with Crippen LogP contribution in [0.3, 0.4) is 0 Å². The first-order chi connectivity index (χ1) is 10.8. The van der Waals surface area contributed by atoms with E-state index in [0.29, 0.717) is 0 Å². The first kappa shape index (κ1) is 13.5. The average molecular weight is 300 g/mol. The molecular formula is C15H20N6O. The Morgan fingerprint density at radius 1 is 1.23 bits per heavy atom. The summed E-state index contributed by atoms with van der Waals surface area (Å²) in [5.74, 6) is 1.34. The second-order valence-electron chi connectivity index (χ2n) is 6.05. The van der Waals surface area contributed by atoms with Gasteiger partial charge in [0.2, 0.25) is 5.95 Å². The van der Waals surface area contributed by atoms with Gasteiger partial charge in [0.05, 0.1) is 12.4 Å². The molecule has 1 aliphatic carbocycles. The zero-order chi connectivity index (χ0) is 15.1. The molecule has 0 amide bonds. The van der Waals surface area contributed by atoms with Crippen LogP contribution in [-0.2, 0) is 0 Å². The number of nitrogen functional groups attached to an aromatic ring is 1. The van der Waals surface area contributed by atoms with Crippen LogP contribution >= 0.6 is 0 Å². The lowest BCUT2D eigenvalue weighted by molar-refractivity contribution is 0.244. The maximum Gasteiger partial charge on any atom is 0.224 e. The molecule has 2 aromatic rings. The number of imidazole rings is 1. The monoisotopic (exact) mass is 300 g/mol. The Hall–Kier alpha value is -2.15. The van der Waals surface area contributed by atoms with E-state index in [4.69, 9.17) is 5.73 Å². The highest BCUT2D eigenvalue weighted by Gasteiger charge is 2.25. The van der Waals surface area contributed by atoms with E-state index in [1.807, 2.05) is 10.9 Å². The molecule has 116 valence electrons. The summed E-state index contributed by atoms with van der Waals surface area (Å²) in [6.07, 6.45) is 9.20. The van der Waals surface area contributed by atoms with Crippen molar-refractivity contribution in [2.45, 2.75) is 25.3 Å². The molecule has 0 radical (unpaired) electrons. The van der Waals surface area contributed by atoms with E-state index in [9.17, 15) is 5.11 Å². The van der Waals surface area contributed by atoms with E-state index in [-0.39, 0.29) is 24.5 Å². The van der Waals surface area contributed by atoms with Gasteiger partial charge >= 0.3 is 0 Å². The standard InChI is InChI=1S/C15H20N6O/c16-15-18-13(20-5-1-2-6-20)12-14(19-15)21(9-17-12)11-4-3-10(7-11)8-22/h3-4,9-11,22H,1-2,5-8H2,(H2,16,18,19)/t10-,11+/m1/s1. The first-order valence-electron chi connectivity index (χ1n) is 7.80. The number of rotatable bonds is 3. The number of aromatic nitrogens is 4. The molecule has 0 saturated carbocycles. The summed E-state index contributed by atoms with van der Waals surface area (Å²) < 4.78 is 2.04. The molecule has 0 unspecified atom stereocenters. The van der Waals surface area contributed by atoms with Crippen molar-refractivity contribution >= 4 is 22.9 Å². The number of aliphatic hydroxyl groups is 1. The number of hydrogen-bond donors (Lipinski definition) is 2. The summed E-state index contributed by atoms with van der Waals surface area (Å²) in [5, 5.41) is 9.30. The molecule has 1 aliphatic heterocycles. The highest BCUT2D eigenvalue weighted by Crippen LogP contribution is 2.32. The Kier molecular flexibility index (Phi) is 3.22. The number of nitrogens with zero attached hydrogens (tertiary/aromatic N) is 5. The summed E-state index contributed by atoms with van der Waals surface area (Å²) in [6, 6.07) is 0.169. The van der Waals surface area contributed by atoms with Crippen LogP contribution in [0.4, 0.5) is 11.8 Å². The minimum Gasteiger partial charge on any atom is -0.396 e. The quantitative estimate of drug-likeness (QED) is 0.825. The zero-order valence-electron chi connectivity index (χ0n) is 12.4. The van der Waals surface area contributed by atoms with E-state index in [0.717, 1.165) is 36.5 Å². The number of hydrogen-bond acceptors (Lipinski definition) is 6. The highest BCUT2D eigenvalue weighted by atomic mass is 16.3. The van der Waals surface area contributed by atoms with Crippen molar-refractivity contribution in [3.63, 3.8) is 0 Å². The van der Waals surface area contributed by atoms with Crippen molar-refractivity contribution in [1.82, 2.24) is 19.5 Å². The number of aliphatic hydroxyl groups excluding tert-OH is 1. The summed E-state index contributed by atoms with van der Waals surface area (Å²) in [6.45, 7) is 2.17. The molecule has 2 aromatic heterocycles. The summed E-state index contributed by atoms with van der Waals surface area (Å²) in [4.78, 5) is 15.6. The van der Waals surface area contributed by atoms with Gasteiger partial charge in [0.1, 0.15) is 0 Å². The van der Waals surface area contributed by atoms with Crippen LogP contribution in [0.25, 0.3) is 11.2 Å². The molecule has 7 heteroatoms. The number of anilines is 2. The molecule has 0 spiro atoms. The molecule has 1 saturated heterocycles. The van der Waals surface area contributed by atoms with Crippen molar-refractivity contribution < 1.29 is 5.11 Å². The van der Waals surface area contributed by atoms with Crippen molar-refractivity contribution in [2.24, 2.45) is 5.92 Å². The van der Waals surface area contributed by atoms with Crippen LogP contribution in [0.1, 0.15) is 25.3 Å². The third kappa shape index (κ3) is 2.12. The largest absolute Gasteiger partial charge is 0.396 e. The lowest BCUT2D eigenvalue weighted by Gasteiger charge is -2.17. The predicted octanol–water partition coefficient (Wildman–Crippen LogP) is 1.12. The minimum absolute atomic E-state index is 0.169. The maximum atomic E-state index is 9.30. The van der Waals surface area contributed by atoms with Gasteiger partial charge in [-0.05, 0) is 19.3 Å². The fourth-order valence-electron chi connectivity index (χ4n) is 3.40. The topological polar surface area (TPSA) is 93.1 Å². The Bertz CT molecular complexity index is 718. The van der Waals surface area contributed by atoms with Gasteiger partial charge in [-0.3, -0.25) is 0 Å². The Balaban J connectivity index is 1.77. The molecule has 7 nitrogen and oxygen atoms in total. The second-order valence-corrected chi connectivity index (χ2v) is 6.05. The molecule has 2 atom stereocenters. The molecule has 4 rings (SSSR count). The zero-order valence-corrected chi connectivity index (χ0v) is 12.4. The summed E-state index contributed by atoms with van der Waals surface area (Å²) in [7, 11) is 0. The predicted molar refractivity (Wildman–Crippen MR) is 84.6 cm³/mol. The molecule has 0 aromatic carbocycles. The third-order valence-electron chi connectivity index (χ3n) is 4.57. The van der Waals surface area contributed by atoms with Crippen LogP contribution in [0.2, 0.25) is 0 Å². The highest BCUT2D eigenvalue weighted by molar-refractivity contribution is 5.85. The molecule has 2 aliphatic rings. The van der Waals surface area contributed by atoms with Gasteiger partial charge in [-0.25, -0.2) is 4.98 Å². The van der Waals surface area contributed by atoms with E-state index < -0.39 is 0 Å². The Morgan fingerprint density at radius 2 is 2.05 bits per heavy atom. The van der Waals surface area contributed by atoms with Crippen LogP contribution in [0.15, 0.2) is 18.5 Å². The SMILES string of the molecule is Nc1nc(N2CCCC2)c2ncn([C@H]3C=C[C@@H](CO)C3)c2n1. The third-order valence-corrected chi connectivity index (χ3v) is 4.57. The van der Waals surface area contributed by atoms with E-state index in [1.165, 1.54) is 12.8 Å². The van der Waals surface area contributed by atoms with E-state index in [1.54, 1.807) is 0 Å². The van der Waals surface area contributed by atoms with Gasteiger partial charge in [-0.2, -0.15) is 9.97 Å². The van der Waals surface area contributed by atoms with Gasteiger partial charge in [0, 0.05) is 25.6 Å². The van der Waals surface area contributed by atoms with Gasteiger partial charge in [0.15, 0.2) is 17.0 Å². The van der Waals surface area contributed by atoms with Crippen molar-refractivity contribution in [1.29, 1.82) is 0 Å². The molecule has 22 heavy (non-hydrogen) atoms.